The number of fused-ring (bicyclic) bond motifs is 2. The summed E-state index contributed by atoms with van der Waals surface area (Å²) < 4.78 is 11.8. The molecule has 26 heavy (non-hydrogen) atoms. The molecule has 4 rings (SSSR count). The Balaban J connectivity index is 1.94. The van der Waals surface area contributed by atoms with Crippen LogP contribution in [0.5, 0.6) is 11.5 Å². The highest BCUT2D eigenvalue weighted by molar-refractivity contribution is 5.84. The van der Waals surface area contributed by atoms with E-state index in [9.17, 15) is 10.1 Å². The van der Waals surface area contributed by atoms with Gasteiger partial charge in [-0.2, -0.15) is 0 Å². The summed E-state index contributed by atoms with van der Waals surface area (Å²) in [5.74, 6) is 1.27. The first-order valence-corrected chi connectivity index (χ1v) is 9.04. The minimum atomic E-state index is -0.739. The molecular weight excluding hydrogens is 334 g/mol. The predicted molar refractivity (Wildman–Crippen MR) is 95.4 cm³/mol. The molecule has 1 aromatic carbocycles. The largest absolute Gasteiger partial charge is 0.493 e. The summed E-state index contributed by atoms with van der Waals surface area (Å²) >= 11 is 0. The van der Waals surface area contributed by atoms with E-state index in [1.807, 2.05) is 30.4 Å². The average Bonchev–Trinajstić information content (AvgIpc) is 2.65. The summed E-state index contributed by atoms with van der Waals surface area (Å²) in [5, 5.41) is 9.50. The number of nitrogens with zero attached hydrogens (tertiary/aromatic N) is 1. The number of ketones is 1. The number of likely N-dealkylation sites (N-methyl/N-ethyl adjacent to an activating group) is 1. The Kier molecular flexibility index (Phi) is 4.29. The van der Waals surface area contributed by atoms with Gasteiger partial charge in [-0.05, 0) is 51.1 Å². The van der Waals surface area contributed by atoms with Crippen LogP contribution < -0.4 is 9.47 Å². The van der Waals surface area contributed by atoms with Crippen LogP contribution in [0.15, 0.2) is 30.4 Å². The zero-order valence-corrected chi connectivity index (χ0v) is 15.3. The van der Waals surface area contributed by atoms with Gasteiger partial charge in [0.05, 0.1) is 12.5 Å². The molecule has 1 N–H and O–H groups in total. The molecule has 1 aliphatic carbocycles. The summed E-state index contributed by atoms with van der Waals surface area (Å²) in [5.41, 5.74) is 0.399. The second kappa shape index (κ2) is 6.37. The molecule has 0 radical (unpaired) electrons. The van der Waals surface area contributed by atoms with Crippen LogP contribution in [0.2, 0.25) is 0 Å². The number of carbonyl (C=O) groups excluding carboxylic acids is 1. The number of likely N-dealkylation sites (tertiary alicyclic amines) is 1. The Morgan fingerprint density at radius 1 is 1.38 bits per heavy atom. The molecule has 0 spiro atoms. The minimum absolute atomic E-state index is 0.00426. The van der Waals surface area contributed by atoms with Crippen molar-refractivity contribution in [3.05, 3.63) is 35.9 Å². The molecule has 1 saturated heterocycles. The van der Waals surface area contributed by atoms with Crippen molar-refractivity contribution in [1.29, 1.82) is 0 Å². The molecule has 2 aliphatic heterocycles. The van der Waals surface area contributed by atoms with Crippen LogP contribution in [0.4, 0.5) is 0 Å². The van der Waals surface area contributed by atoms with Crippen LogP contribution in [0.25, 0.3) is 0 Å². The minimum Gasteiger partial charge on any atom is -0.493 e. The lowest BCUT2D eigenvalue weighted by molar-refractivity contribution is -0.294. The number of Topliss-reactive ketones (excluding diaryl/α,β-unsaturated/α-hetero) is 1. The van der Waals surface area contributed by atoms with Crippen molar-refractivity contribution in [3.63, 3.8) is 0 Å². The van der Waals surface area contributed by atoms with Crippen molar-refractivity contribution in [1.82, 2.24) is 4.90 Å². The van der Waals surface area contributed by atoms with E-state index in [1.54, 1.807) is 14.0 Å². The Labute approximate surface area is 153 Å². The molecule has 3 aliphatic rings. The number of hydrogen-bond acceptors (Lipinski definition) is 6. The molecule has 5 atom stereocenters. The van der Waals surface area contributed by atoms with Gasteiger partial charge in [0.15, 0.2) is 11.5 Å². The molecule has 6 heteroatoms. The van der Waals surface area contributed by atoms with E-state index >= 15 is 0 Å². The number of piperidine rings is 1. The lowest BCUT2D eigenvalue weighted by atomic mass is 9.57. The molecule has 0 amide bonds. The summed E-state index contributed by atoms with van der Waals surface area (Å²) in [4.78, 5) is 20.0. The molecule has 1 aromatic rings. The Morgan fingerprint density at radius 3 is 2.88 bits per heavy atom. The number of ether oxygens (including phenoxy) is 2. The highest BCUT2D eigenvalue weighted by Crippen LogP contribution is 2.51. The number of hydrogen-bond donors (Lipinski definition) is 1. The standard InChI is InChI=1S/C20H25NO5/c1-12(22)20-8-9-21(2)15-10-13-4-6-16(24-3)18(11-13)25-19(20)17(26-23)7-5-14(15)20/h4-7,11,14-15,17,19,23H,8-10H2,1-3H3/t14-,15+,17-,19-,20-/m0/s1. The summed E-state index contributed by atoms with van der Waals surface area (Å²) in [6.45, 7) is 2.42. The number of rotatable bonds is 3. The van der Waals surface area contributed by atoms with E-state index in [0.29, 0.717) is 17.9 Å². The Hall–Kier alpha value is -1.89. The first kappa shape index (κ1) is 17.5. The van der Waals surface area contributed by atoms with Crippen molar-refractivity contribution < 1.29 is 24.4 Å². The molecule has 140 valence electrons. The van der Waals surface area contributed by atoms with Gasteiger partial charge in [-0.1, -0.05) is 18.2 Å². The highest BCUT2D eigenvalue weighted by Gasteiger charge is 2.60. The number of benzene rings is 1. The van der Waals surface area contributed by atoms with Gasteiger partial charge in [0.2, 0.25) is 0 Å². The SMILES string of the molecule is COc1ccc2cc1O[C@H]1[C@@H](OO)C=C[C@H]3[C@@H](C2)N(C)CC[C@]31C(C)=O. The van der Waals surface area contributed by atoms with E-state index < -0.39 is 17.6 Å². The fourth-order valence-electron chi connectivity index (χ4n) is 5.04. The van der Waals surface area contributed by atoms with Gasteiger partial charge in [-0.3, -0.25) is 10.1 Å². The second-order valence-electron chi connectivity index (χ2n) is 7.60. The van der Waals surface area contributed by atoms with Gasteiger partial charge < -0.3 is 14.4 Å². The van der Waals surface area contributed by atoms with Crippen LogP contribution in [-0.2, 0) is 16.1 Å². The molecule has 2 heterocycles. The zero-order valence-electron chi connectivity index (χ0n) is 15.3. The van der Waals surface area contributed by atoms with Crippen LogP contribution in [0.1, 0.15) is 18.9 Å². The van der Waals surface area contributed by atoms with Crippen molar-refractivity contribution in [2.45, 2.75) is 38.0 Å². The van der Waals surface area contributed by atoms with Gasteiger partial charge in [-0.15, -0.1) is 0 Å². The van der Waals surface area contributed by atoms with E-state index in [-0.39, 0.29) is 17.7 Å². The van der Waals surface area contributed by atoms with E-state index in [2.05, 4.69) is 11.9 Å². The maximum Gasteiger partial charge on any atom is 0.162 e. The topological polar surface area (TPSA) is 68.2 Å². The quantitative estimate of drug-likeness (QED) is 0.508. The van der Waals surface area contributed by atoms with Crippen molar-refractivity contribution >= 4 is 5.78 Å². The molecule has 0 saturated carbocycles. The third kappa shape index (κ3) is 2.40. The van der Waals surface area contributed by atoms with Crippen LogP contribution in [0.3, 0.4) is 0 Å². The lowest BCUT2D eigenvalue weighted by Gasteiger charge is -2.54. The first-order valence-electron chi connectivity index (χ1n) is 9.04. The molecule has 6 bridgehead atoms. The summed E-state index contributed by atoms with van der Waals surface area (Å²) in [6.07, 6.45) is 4.02. The summed E-state index contributed by atoms with van der Waals surface area (Å²) in [7, 11) is 3.70. The van der Waals surface area contributed by atoms with Crippen LogP contribution in [0, 0.1) is 11.3 Å². The average molecular weight is 359 g/mol. The molecule has 6 nitrogen and oxygen atoms in total. The zero-order chi connectivity index (χ0) is 18.5. The van der Waals surface area contributed by atoms with E-state index in [0.717, 1.165) is 18.5 Å². The lowest BCUT2D eigenvalue weighted by Crippen LogP contribution is -2.65. The van der Waals surface area contributed by atoms with Crippen molar-refractivity contribution in [3.8, 4) is 11.5 Å². The first-order chi connectivity index (χ1) is 12.5. The maximum absolute atomic E-state index is 13.0. The van der Waals surface area contributed by atoms with Gasteiger partial charge >= 0.3 is 0 Å². The molecule has 0 aromatic heterocycles. The van der Waals surface area contributed by atoms with Gasteiger partial charge in [0.1, 0.15) is 18.0 Å². The Morgan fingerprint density at radius 2 is 2.19 bits per heavy atom. The fraction of sp³-hybridized carbons (Fsp3) is 0.550. The van der Waals surface area contributed by atoms with Gasteiger partial charge in [0.25, 0.3) is 0 Å². The maximum atomic E-state index is 13.0. The summed E-state index contributed by atoms with van der Waals surface area (Å²) in [6, 6.07) is 6.09. The third-order valence-electron chi connectivity index (χ3n) is 6.47. The Bertz CT molecular complexity index is 748. The molecule has 0 unspecified atom stereocenters. The predicted octanol–water partition coefficient (Wildman–Crippen LogP) is 2.32. The van der Waals surface area contributed by atoms with E-state index in [4.69, 9.17) is 14.4 Å². The van der Waals surface area contributed by atoms with Crippen molar-refractivity contribution in [2.75, 3.05) is 20.7 Å². The van der Waals surface area contributed by atoms with Crippen molar-refractivity contribution in [2.24, 2.45) is 11.3 Å². The van der Waals surface area contributed by atoms with E-state index in [1.165, 1.54) is 0 Å². The van der Waals surface area contributed by atoms with Crippen LogP contribution >= 0.6 is 0 Å². The normalized spacial score (nSPS) is 35.7. The fourth-order valence-corrected chi connectivity index (χ4v) is 5.04. The smallest absolute Gasteiger partial charge is 0.162 e. The van der Waals surface area contributed by atoms with Crippen LogP contribution in [-0.4, -0.2) is 54.9 Å². The highest BCUT2D eigenvalue weighted by atomic mass is 17.1. The second-order valence-corrected chi connectivity index (χ2v) is 7.60. The number of carbonyl (C=O) groups is 1. The van der Waals surface area contributed by atoms with Gasteiger partial charge in [-0.25, -0.2) is 4.89 Å². The number of methoxy groups -OCH3 is 1. The third-order valence-corrected chi connectivity index (χ3v) is 6.47. The molecular formula is C20H25NO5. The molecule has 1 fully saturated rings. The van der Waals surface area contributed by atoms with Gasteiger partial charge in [0, 0.05) is 12.0 Å². The monoisotopic (exact) mass is 359 g/mol.